The van der Waals surface area contributed by atoms with Crippen LogP contribution in [0.5, 0.6) is 0 Å². The summed E-state index contributed by atoms with van der Waals surface area (Å²) in [6.45, 7) is 18.2. The van der Waals surface area contributed by atoms with Gasteiger partial charge in [0.2, 0.25) is 0 Å². The van der Waals surface area contributed by atoms with Crippen LogP contribution >= 0.6 is 0 Å². The highest BCUT2D eigenvalue weighted by molar-refractivity contribution is 5.81. The molecule has 0 bridgehead atoms. The number of rotatable bonds is 9. The molecule has 0 saturated carbocycles. The first-order valence-electron chi connectivity index (χ1n) is 8.09. The number of esters is 1. The third-order valence-electron chi connectivity index (χ3n) is 3.49. The van der Waals surface area contributed by atoms with Crippen molar-refractivity contribution in [3.05, 3.63) is 24.0 Å². The van der Waals surface area contributed by atoms with Crippen LogP contribution in [0.4, 0.5) is 0 Å². The maximum absolute atomic E-state index is 11.4. The van der Waals surface area contributed by atoms with Gasteiger partial charge in [-0.15, -0.1) is 0 Å². The Bertz CT molecular complexity index is 321. The molecule has 0 aliphatic heterocycles. The summed E-state index contributed by atoms with van der Waals surface area (Å²) in [6.07, 6.45) is 4.37. The average molecular weight is 298 g/mol. The molecule has 0 amide bonds. The summed E-state index contributed by atoms with van der Waals surface area (Å²) in [4.78, 5) is 11.4. The van der Waals surface area contributed by atoms with E-state index in [9.17, 15) is 4.79 Å². The lowest BCUT2D eigenvalue weighted by molar-refractivity contribution is -0.156. The zero-order chi connectivity index (χ0) is 16.9. The molecule has 0 radical (unpaired) electrons. The first kappa shape index (κ1) is 22.0. The van der Waals surface area contributed by atoms with Crippen LogP contribution in [0, 0.1) is 0 Å². The van der Waals surface area contributed by atoms with E-state index in [0.29, 0.717) is 13.0 Å². The molecule has 124 valence electrons. The molecule has 0 fully saturated rings. The number of ether oxygens (including phenoxy) is 2. The normalized spacial score (nSPS) is 10.0. The number of allylic oxidation sites excluding steroid dienone is 2. The Labute approximate surface area is 131 Å². The monoisotopic (exact) mass is 298 g/mol. The van der Waals surface area contributed by atoms with Crippen molar-refractivity contribution in [1.29, 1.82) is 0 Å². The van der Waals surface area contributed by atoms with Gasteiger partial charge in [0.1, 0.15) is 5.60 Å². The van der Waals surface area contributed by atoms with Crippen LogP contribution in [-0.4, -0.2) is 18.2 Å². The highest BCUT2D eigenvalue weighted by atomic mass is 16.6. The average Bonchev–Trinajstić information content (AvgIpc) is 2.51. The van der Waals surface area contributed by atoms with E-state index in [0.717, 1.165) is 25.0 Å². The fourth-order valence-corrected chi connectivity index (χ4v) is 2.01. The number of carbonyl (C=O) groups excluding carboxylic acids is 1. The lowest BCUT2D eigenvalue weighted by atomic mass is 9.93. The molecular formula is C18H34O3. The van der Waals surface area contributed by atoms with Gasteiger partial charge >= 0.3 is 5.97 Å². The highest BCUT2D eigenvalue weighted by Gasteiger charge is 2.29. The van der Waals surface area contributed by atoms with Crippen LogP contribution in [0.2, 0.25) is 0 Å². The zero-order valence-corrected chi connectivity index (χ0v) is 15.0. The zero-order valence-electron chi connectivity index (χ0n) is 15.0. The molecule has 0 atom stereocenters. The van der Waals surface area contributed by atoms with Crippen LogP contribution in [0.3, 0.4) is 0 Å². The van der Waals surface area contributed by atoms with Crippen molar-refractivity contribution in [2.45, 2.75) is 79.8 Å². The summed E-state index contributed by atoms with van der Waals surface area (Å²) in [6, 6.07) is 0. The van der Waals surface area contributed by atoms with Gasteiger partial charge in [0, 0.05) is 18.9 Å². The molecular weight excluding hydrogens is 264 g/mol. The van der Waals surface area contributed by atoms with Crippen molar-refractivity contribution < 1.29 is 14.3 Å². The second-order valence-electron chi connectivity index (χ2n) is 4.89. The molecule has 3 heteroatoms. The molecule has 0 saturated heterocycles. The van der Waals surface area contributed by atoms with Crippen molar-refractivity contribution in [2.24, 2.45) is 0 Å². The minimum absolute atomic E-state index is 0.360. The van der Waals surface area contributed by atoms with Crippen molar-refractivity contribution in [2.75, 3.05) is 6.61 Å². The van der Waals surface area contributed by atoms with Crippen LogP contribution in [0.15, 0.2) is 24.0 Å². The minimum atomic E-state index is -0.439. The van der Waals surface area contributed by atoms with Crippen LogP contribution in [0.25, 0.3) is 0 Å². The SMILES string of the molecule is C=CC(=O)OC(CC)(CC)CCOC(CC)=C(C)C.CC. The van der Waals surface area contributed by atoms with Crippen molar-refractivity contribution in [3.63, 3.8) is 0 Å². The molecule has 0 spiro atoms. The second-order valence-corrected chi connectivity index (χ2v) is 4.89. The molecule has 0 aromatic carbocycles. The van der Waals surface area contributed by atoms with Gasteiger partial charge in [-0.1, -0.05) is 41.2 Å². The Hall–Kier alpha value is -1.25. The molecule has 0 aromatic rings. The molecule has 21 heavy (non-hydrogen) atoms. The summed E-state index contributed by atoms with van der Waals surface area (Å²) >= 11 is 0. The van der Waals surface area contributed by atoms with E-state index in [4.69, 9.17) is 9.47 Å². The van der Waals surface area contributed by atoms with E-state index in [2.05, 4.69) is 13.5 Å². The molecule has 3 nitrogen and oxygen atoms in total. The fraction of sp³-hybridized carbons (Fsp3) is 0.722. The lowest BCUT2D eigenvalue weighted by Gasteiger charge is -2.31. The minimum Gasteiger partial charge on any atom is -0.498 e. The Kier molecular flexibility index (Phi) is 13.1. The first-order chi connectivity index (χ1) is 9.94. The van der Waals surface area contributed by atoms with Gasteiger partial charge < -0.3 is 9.47 Å². The predicted octanol–water partition coefficient (Wildman–Crippen LogP) is 5.41. The van der Waals surface area contributed by atoms with E-state index in [1.165, 1.54) is 11.6 Å². The van der Waals surface area contributed by atoms with E-state index in [-0.39, 0.29) is 5.97 Å². The maximum Gasteiger partial charge on any atom is 0.330 e. The molecule has 0 rings (SSSR count). The number of hydrogen-bond acceptors (Lipinski definition) is 3. The first-order valence-corrected chi connectivity index (χ1v) is 8.09. The summed E-state index contributed by atoms with van der Waals surface area (Å²) < 4.78 is 11.3. The van der Waals surface area contributed by atoms with E-state index >= 15 is 0 Å². The molecule has 0 aliphatic rings. The standard InChI is InChI=1S/C16H28O3.C2H6/c1-7-14(13(5)6)18-12-11-16(9-3,10-4)19-15(17)8-2;1-2/h8H,2,7,9-12H2,1,3-6H3;1-2H3. The Balaban J connectivity index is 0. The van der Waals surface area contributed by atoms with Crippen LogP contribution in [0.1, 0.15) is 74.1 Å². The smallest absolute Gasteiger partial charge is 0.330 e. The number of hydrogen-bond donors (Lipinski definition) is 0. The summed E-state index contributed by atoms with van der Waals surface area (Å²) in [5, 5.41) is 0. The third kappa shape index (κ3) is 8.59. The molecule has 0 aromatic heterocycles. The summed E-state index contributed by atoms with van der Waals surface area (Å²) in [5.74, 6) is 0.665. The van der Waals surface area contributed by atoms with E-state index < -0.39 is 5.60 Å². The fourth-order valence-electron chi connectivity index (χ4n) is 2.01. The summed E-state index contributed by atoms with van der Waals surface area (Å²) in [5.41, 5.74) is 0.760. The van der Waals surface area contributed by atoms with Crippen molar-refractivity contribution >= 4 is 5.97 Å². The number of carbonyl (C=O) groups is 1. The van der Waals surface area contributed by atoms with Gasteiger partial charge in [0.25, 0.3) is 0 Å². The molecule has 0 N–H and O–H groups in total. The maximum atomic E-state index is 11.4. The molecule has 0 unspecified atom stereocenters. The van der Waals surface area contributed by atoms with Gasteiger partial charge in [0.05, 0.1) is 12.4 Å². The second kappa shape index (κ2) is 12.5. The quantitative estimate of drug-likeness (QED) is 0.324. The van der Waals surface area contributed by atoms with Gasteiger partial charge in [-0.3, -0.25) is 0 Å². The van der Waals surface area contributed by atoms with Gasteiger partial charge in [0.15, 0.2) is 0 Å². The Morgan fingerprint density at radius 2 is 1.67 bits per heavy atom. The lowest BCUT2D eigenvalue weighted by Crippen LogP contribution is -2.34. The van der Waals surface area contributed by atoms with E-state index in [1.54, 1.807) is 0 Å². The highest BCUT2D eigenvalue weighted by Crippen LogP contribution is 2.26. The third-order valence-corrected chi connectivity index (χ3v) is 3.49. The largest absolute Gasteiger partial charge is 0.498 e. The Morgan fingerprint density at radius 3 is 2.00 bits per heavy atom. The Morgan fingerprint density at radius 1 is 1.14 bits per heavy atom. The van der Waals surface area contributed by atoms with Gasteiger partial charge in [-0.05, 0) is 32.3 Å². The molecule has 0 heterocycles. The van der Waals surface area contributed by atoms with Crippen LogP contribution < -0.4 is 0 Å². The molecule has 0 aliphatic carbocycles. The predicted molar refractivity (Wildman–Crippen MR) is 90.2 cm³/mol. The van der Waals surface area contributed by atoms with Crippen molar-refractivity contribution in [3.8, 4) is 0 Å². The van der Waals surface area contributed by atoms with Crippen LogP contribution in [-0.2, 0) is 14.3 Å². The van der Waals surface area contributed by atoms with Crippen molar-refractivity contribution in [1.82, 2.24) is 0 Å². The van der Waals surface area contributed by atoms with E-state index in [1.807, 2.05) is 41.5 Å². The van der Waals surface area contributed by atoms with Gasteiger partial charge in [-0.2, -0.15) is 0 Å². The summed E-state index contributed by atoms with van der Waals surface area (Å²) in [7, 11) is 0. The topological polar surface area (TPSA) is 35.5 Å². The van der Waals surface area contributed by atoms with Gasteiger partial charge in [-0.25, -0.2) is 4.79 Å².